The van der Waals surface area contributed by atoms with Crippen LogP contribution in [0.3, 0.4) is 0 Å². The van der Waals surface area contributed by atoms with Crippen LogP contribution in [-0.2, 0) is 13.0 Å². The molecular formula is C24H34N6. The molecule has 0 radical (unpaired) electrons. The molecule has 0 saturated carbocycles. The minimum Gasteiger partial charge on any atom is -0.356 e. The average Bonchev–Trinajstić information content (AvgIpc) is 2.94. The van der Waals surface area contributed by atoms with Crippen molar-refractivity contribution in [1.29, 1.82) is 0 Å². The molecule has 1 atom stereocenters. The summed E-state index contributed by atoms with van der Waals surface area (Å²) in [7, 11) is 2.20. The smallest absolute Gasteiger partial charge is 0.114 e. The maximum absolute atomic E-state index is 4.91. The van der Waals surface area contributed by atoms with Gasteiger partial charge < -0.3 is 10.2 Å². The molecule has 2 aromatic rings. The highest BCUT2D eigenvalue weighted by molar-refractivity contribution is 5.48. The highest BCUT2D eigenvalue weighted by Crippen LogP contribution is 2.32. The number of rotatable bonds is 6. The lowest BCUT2D eigenvalue weighted by Gasteiger charge is -2.31. The lowest BCUT2D eigenvalue weighted by atomic mass is 9.91. The number of imidazole rings is 1. The fourth-order valence-corrected chi connectivity index (χ4v) is 4.74. The van der Waals surface area contributed by atoms with E-state index in [1.807, 2.05) is 12.3 Å². The van der Waals surface area contributed by atoms with Crippen LogP contribution in [0.15, 0.2) is 43.3 Å². The number of fused-ring (bicyclic) bond motifs is 1. The van der Waals surface area contributed by atoms with E-state index in [2.05, 4.69) is 64.6 Å². The summed E-state index contributed by atoms with van der Waals surface area (Å²) >= 11 is 0. The molecule has 1 aliphatic carbocycles. The molecular weight excluding hydrogens is 372 g/mol. The van der Waals surface area contributed by atoms with Gasteiger partial charge in [-0.3, -0.25) is 14.5 Å². The lowest BCUT2D eigenvalue weighted by Crippen LogP contribution is -2.29. The molecule has 0 spiro atoms. The predicted molar refractivity (Wildman–Crippen MR) is 122 cm³/mol. The summed E-state index contributed by atoms with van der Waals surface area (Å²) in [5.74, 6) is 2.18. The zero-order valence-corrected chi connectivity index (χ0v) is 18.3. The van der Waals surface area contributed by atoms with E-state index in [1.165, 1.54) is 17.7 Å². The van der Waals surface area contributed by atoms with Crippen molar-refractivity contribution in [1.82, 2.24) is 29.7 Å². The van der Waals surface area contributed by atoms with E-state index < -0.39 is 0 Å². The molecule has 0 aromatic carbocycles. The third-order valence-corrected chi connectivity index (χ3v) is 6.22. The van der Waals surface area contributed by atoms with Crippen molar-refractivity contribution in [3.8, 4) is 0 Å². The summed E-state index contributed by atoms with van der Waals surface area (Å²) in [5.41, 5.74) is 3.74. The van der Waals surface area contributed by atoms with Crippen molar-refractivity contribution >= 4 is 5.82 Å². The number of hydrogen-bond donors (Lipinski definition) is 1. The third-order valence-electron chi connectivity index (χ3n) is 6.22. The maximum atomic E-state index is 4.91. The van der Waals surface area contributed by atoms with Crippen LogP contribution < -0.4 is 5.32 Å². The van der Waals surface area contributed by atoms with E-state index in [-0.39, 0.29) is 0 Å². The normalized spacial score (nSPS) is 20.2. The molecule has 2 aliphatic rings. The molecule has 1 aliphatic heterocycles. The second kappa shape index (κ2) is 9.58. The largest absolute Gasteiger partial charge is 0.356 e. The molecule has 0 unspecified atom stereocenters. The Morgan fingerprint density at radius 3 is 3.10 bits per heavy atom. The van der Waals surface area contributed by atoms with E-state index in [0.29, 0.717) is 6.04 Å². The zero-order chi connectivity index (χ0) is 20.9. The van der Waals surface area contributed by atoms with Crippen LogP contribution in [0, 0.1) is 6.92 Å². The molecule has 30 heavy (non-hydrogen) atoms. The Labute approximate surface area is 180 Å². The monoisotopic (exact) mass is 406 g/mol. The molecule has 0 amide bonds. The SMILES string of the molecule is C=C/C=C(/N1CCCNCC1)n1cc(CN(C)[C@H]2CCCc3cccnc32)nc1C. The van der Waals surface area contributed by atoms with Gasteiger partial charge in [-0.25, -0.2) is 4.98 Å². The average molecular weight is 407 g/mol. The van der Waals surface area contributed by atoms with Crippen LogP contribution in [-0.4, -0.2) is 57.6 Å². The van der Waals surface area contributed by atoms with Gasteiger partial charge in [0.15, 0.2) is 0 Å². The first-order valence-electron chi connectivity index (χ1n) is 11.1. The van der Waals surface area contributed by atoms with Gasteiger partial charge in [0.25, 0.3) is 0 Å². The van der Waals surface area contributed by atoms with Crippen LogP contribution in [0.4, 0.5) is 0 Å². The summed E-state index contributed by atoms with van der Waals surface area (Å²) in [4.78, 5) is 14.5. The van der Waals surface area contributed by atoms with Gasteiger partial charge in [0, 0.05) is 38.6 Å². The van der Waals surface area contributed by atoms with Crippen molar-refractivity contribution < 1.29 is 0 Å². The van der Waals surface area contributed by atoms with Gasteiger partial charge in [-0.2, -0.15) is 0 Å². The Morgan fingerprint density at radius 2 is 2.23 bits per heavy atom. The molecule has 1 N–H and O–H groups in total. The van der Waals surface area contributed by atoms with E-state index in [9.17, 15) is 0 Å². The van der Waals surface area contributed by atoms with E-state index >= 15 is 0 Å². The van der Waals surface area contributed by atoms with Gasteiger partial charge in [0.2, 0.25) is 0 Å². The van der Waals surface area contributed by atoms with Crippen molar-refractivity contribution in [2.24, 2.45) is 0 Å². The fraction of sp³-hybridized carbons (Fsp3) is 0.500. The molecule has 1 saturated heterocycles. The van der Waals surface area contributed by atoms with Crippen molar-refractivity contribution in [2.45, 2.75) is 45.2 Å². The Morgan fingerprint density at radius 1 is 1.33 bits per heavy atom. The summed E-state index contributed by atoms with van der Waals surface area (Å²) in [5, 5.41) is 3.48. The van der Waals surface area contributed by atoms with E-state index in [4.69, 9.17) is 9.97 Å². The molecule has 3 heterocycles. The molecule has 160 valence electrons. The summed E-state index contributed by atoms with van der Waals surface area (Å²) < 4.78 is 2.23. The molecule has 6 nitrogen and oxygen atoms in total. The fourth-order valence-electron chi connectivity index (χ4n) is 4.74. The van der Waals surface area contributed by atoms with Crippen LogP contribution in [0.5, 0.6) is 0 Å². The van der Waals surface area contributed by atoms with Gasteiger partial charge >= 0.3 is 0 Å². The molecule has 0 bridgehead atoms. The Balaban J connectivity index is 1.53. The third kappa shape index (κ3) is 4.50. The Kier molecular flexibility index (Phi) is 6.65. The quantitative estimate of drug-likeness (QED) is 0.746. The van der Waals surface area contributed by atoms with Crippen molar-refractivity contribution in [2.75, 3.05) is 33.2 Å². The first-order chi connectivity index (χ1) is 14.7. The van der Waals surface area contributed by atoms with Crippen molar-refractivity contribution in [3.63, 3.8) is 0 Å². The standard InChI is InChI=1S/C24H34N6/c1-4-8-23(29-15-7-12-25-14-16-29)30-18-21(27-19(30)2)17-28(3)22-11-5-9-20-10-6-13-26-24(20)22/h4,6,8,10,13,18,22,25H,1,5,7,9,11-12,14-17H2,2-3H3/b23-8-/t22-/m0/s1. The minimum absolute atomic E-state index is 0.361. The van der Waals surface area contributed by atoms with Crippen LogP contribution in [0.25, 0.3) is 5.82 Å². The minimum atomic E-state index is 0.361. The van der Waals surface area contributed by atoms with Crippen LogP contribution in [0.1, 0.15) is 48.1 Å². The summed E-state index contributed by atoms with van der Waals surface area (Å²) in [6.07, 6.45) is 12.8. The zero-order valence-electron chi connectivity index (χ0n) is 18.3. The van der Waals surface area contributed by atoms with Gasteiger partial charge in [-0.1, -0.05) is 18.7 Å². The van der Waals surface area contributed by atoms with E-state index in [1.54, 1.807) is 0 Å². The number of nitrogens with one attached hydrogen (secondary N) is 1. The van der Waals surface area contributed by atoms with Crippen LogP contribution in [0.2, 0.25) is 0 Å². The predicted octanol–water partition coefficient (Wildman–Crippen LogP) is 3.38. The Hall–Kier alpha value is -2.44. The topological polar surface area (TPSA) is 49.2 Å². The number of allylic oxidation sites excluding steroid dienone is 2. The summed E-state index contributed by atoms with van der Waals surface area (Å²) in [6.45, 7) is 11.0. The molecule has 2 aromatic heterocycles. The van der Waals surface area contributed by atoms with Gasteiger partial charge in [0.1, 0.15) is 11.6 Å². The number of aromatic nitrogens is 3. The molecule has 1 fully saturated rings. The molecule has 6 heteroatoms. The van der Waals surface area contributed by atoms with Gasteiger partial charge in [-0.05, 0) is 63.9 Å². The van der Waals surface area contributed by atoms with Gasteiger partial charge in [-0.15, -0.1) is 0 Å². The lowest BCUT2D eigenvalue weighted by molar-refractivity contribution is 0.206. The number of aryl methyl sites for hydroxylation is 2. The summed E-state index contributed by atoms with van der Waals surface area (Å²) in [6, 6.07) is 4.64. The Bertz CT molecular complexity index is 891. The van der Waals surface area contributed by atoms with Crippen molar-refractivity contribution in [3.05, 3.63) is 66.0 Å². The maximum Gasteiger partial charge on any atom is 0.114 e. The first-order valence-corrected chi connectivity index (χ1v) is 11.1. The molecule has 4 rings (SSSR count). The second-order valence-electron chi connectivity index (χ2n) is 8.37. The van der Waals surface area contributed by atoms with E-state index in [0.717, 1.165) is 69.3 Å². The first kappa shape index (κ1) is 20.8. The van der Waals surface area contributed by atoms with Crippen LogP contribution >= 0.6 is 0 Å². The second-order valence-corrected chi connectivity index (χ2v) is 8.37. The number of pyridine rings is 1. The van der Waals surface area contributed by atoms with Gasteiger partial charge in [0.05, 0.1) is 17.4 Å². The highest BCUT2D eigenvalue weighted by atomic mass is 15.3. The number of nitrogens with zero attached hydrogens (tertiary/aromatic N) is 5. The highest BCUT2D eigenvalue weighted by Gasteiger charge is 2.26. The number of hydrogen-bond acceptors (Lipinski definition) is 5.